The molecule has 0 N–H and O–H groups in total. The van der Waals surface area contributed by atoms with E-state index in [0.717, 1.165) is 12.2 Å². The molecule has 18 heavy (non-hydrogen) atoms. The largest absolute Gasteiger partial charge is 0.493 e. The molecule has 1 atom stereocenters. The number of halogens is 1. The monoisotopic (exact) mass is 248 g/mol. The molecule has 0 radical (unpaired) electrons. The highest BCUT2D eigenvalue weighted by molar-refractivity contribution is 5.25. The Hall–Kier alpha value is -1.77. The third-order valence-electron chi connectivity index (χ3n) is 2.91. The van der Waals surface area contributed by atoms with Gasteiger partial charge in [-0.3, -0.25) is 0 Å². The maximum Gasteiger partial charge on any atom is 0.157 e. The van der Waals surface area contributed by atoms with E-state index in [9.17, 15) is 4.39 Å². The van der Waals surface area contributed by atoms with E-state index in [1.54, 1.807) is 25.3 Å². The number of hydrogen-bond donors (Lipinski definition) is 0. The minimum atomic E-state index is -0.245. The third-order valence-corrected chi connectivity index (χ3v) is 2.91. The summed E-state index contributed by atoms with van der Waals surface area (Å²) in [6.45, 7) is 2.33. The number of benzene rings is 1. The second-order valence-electron chi connectivity index (χ2n) is 4.40. The fraction of sp³-hybridized carbons (Fsp3) is 0.333. The van der Waals surface area contributed by atoms with Crippen LogP contribution in [0.1, 0.15) is 18.9 Å². The number of ether oxygens (including phenoxy) is 2. The van der Waals surface area contributed by atoms with Crippen LogP contribution in [0.2, 0.25) is 0 Å². The zero-order valence-electron chi connectivity index (χ0n) is 10.7. The summed E-state index contributed by atoms with van der Waals surface area (Å²) in [5, 5.41) is 0. The van der Waals surface area contributed by atoms with Gasteiger partial charge in [0.25, 0.3) is 0 Å². The molecule has 1 aliphatic carbocycles. The van der Waals surface area contributed by atoms with E-state index in [1.165, 1.54) is 6.07 Å². The first-order chi connectivity index (χ1) is 8.70. The Balaban J connectivity index is 2.03. The molecule has 1 aliphatic rings. The minimum Gasteiger partial charge on any atom is -0.493 e. The topological polar surface area (TPSA) is 18.5 Å². The van der Waals surface area contributed by atoms with E-state index < -0.39 is 0 Å². The van der Waals surface area contributed by atoms with Gasteiger partial charge in [-0.2, -0.15) is 0 Å². The molecule has 0 bridgehead atoms. The number of methoxy groups -OCH3 is 1. The fourth-order valence-electron chi connectivity index (χ4n) is 1.87. The van der Waals surface area contributed by atoms with Gasteiger partial charge < -0.3 is 9.47 Å². The molecule has 0 saturated carbocycles. The molecule has 0 aliphatic heterocycles. The molecule has 1 unspecified atom stereocenters. The predicted molar refractivity (Wildman–Crippen MR) is 68.1 cm³/mol. The maximum atomic E-state index is 13.4. The predicted octanol–water partition coefficient (Wildman–Crippen LogP) is 3.80. The molecule has 96 valence electrons. The summed E-state index contributed by atoms with van der Waals surface area (Å²) in [6.07, 6.45) is 4.93. The average Bonchev–Trinajstić information content (AvgIpc) is 2.39. The van der Waals surface area contributed by atoms with E-state index in [-0.39, 0.29) is 12.4 Å². The van der Waals surface area contributed by atoms with Gasteiger partial charge in [0.2, 0.25) is 0 Å². The van der Waals surface area contributed by atoms with Gasteiger partial charge in [-0.15, -0.1) is 0 Å². The second kappa shape index (κ2) is 5.71. The van der Waals surface area contributed by atoms with Crippen molar-refractivity contribution in [1.82, 2.24) is 0 Å². The van der Waals surface area contributed by atoms with Crippen LogP contribution < -0.4 is 0 Å². The molecule has 0 saturated heterocycles. The summed E-state index contributed by atoms with van der Waals surface area (Å²) in [5.74, 6) is 1.62. The average molecular weight is 248 g/mol. The highest BCUT2D eigenvalue weighted by Crippen LogP contribution is 2.25. The molecule has 3 heteroatoms. The molecule has 2 rings (SSSR count). The molecule has 0 aromatic heterocycles. The number of allylic oxidation sites excluding steroid dienone is 2. The van der Waals surface area contributed by atoms with Gasteiger partial charge in [0.05, 0.1) is 7.11 Å². The van der Waals surface area contributed by atoms with Crippen molar-refractivity contribution in [2.75, 3.05) is 7.11 Å². The van der Waals surface area contributed by atoms with Crippen LogP contribution in [0.15, 0.2) is 47.9 Å². The normalized spacial score (nSPS) is 18.9. The first kappa shape index (κ1) is 12.7. The summed E-state index contributed by atoms with van der Waals surface area (Å²) < 4.78 is 24.3. The van der Waals surface area contributed by atoms with Crippen molar-refractivity contribution >= 4 is 0 Å². The minimum absolute atomic E-state index is 0.216. The van der Waals surface area contributed by atoms with Crippen molar-refractivity contribution in [2.45, 2.75) is 20.0 Å². The molecule has 2 nitrogen and oxygen atoms in total. The summed E-state index contributed by atoms with van der Waals surface area (Å²) in [7, 11) is 1.62. The van der Waals surface area contributed by atoms with Gasteiger partial charge in [0, 0.05) is 5.56 Å². The third kappa shape index (κ3) is 2.92. The van der Waals surface area contributed by atoms with Gasteiger partial charge in [-0.05, 0) is 30.6 Å². The highest BCUT2D eigenvalue weighted by atomic mass is 19.1. The van der Waals surface area contributed by atoms with E-state index in [0.29, 0.717) is 17.2 Å². The summed E-state index contributed by atoms with van der Waals surface area (Å²) >= 11 is 0. The Morgan fingerprint density at radius 3 is 2.78 bits per heavy atom. The first-order valence-corrected chi connectivity index (χ1v) is 6.03. The lowest BCUT2D eigenvalue weighted by Crippen LogP contribution is -2.07. The quantitative estimate of drug-likeness (QED) is 0.807. The van der Waals surface area contributed by atoms with Crippen LogP contribution in [0.4, 0.5) is 4.39 Å². The first-order valence-electron chi connectivity index (χ1n) is 6.03. The Bertz CT molecular complexity index is 477. The molecule has 0 heterocycles. The van der Waals surface area contributed by atoms with Crippen molar-refractivity contribution in [3.05, 3.63) is 59.3 Å². The summed E-state index contributed by atoms with van der Waals surface area (Å²) in [6, 6.07) is 6.62. The van der Waals surface area contributed by atoms with Crippen LogP contribution in [0.5, 0.6) is 0 Å². The Morgan fingerprint density at radius 1 is 1.28 bits per heavy atom. The van der Waals surface area contributed by atoms with E-state index in [2.05, 4.69) is 6.92 Å². The van der Waals surface area contributed by atoms with Crippen LogP contribution in [0.25, 0.3) is 0 Å². The van der Waals surface area contributed by atoms with Gasteiger partial charge in [0.1, 0.15) is 12.4 Å². The van der Waals surface area contributed by atoms with Crippen molar-refractivity contribution < 1.29 is 13.9 Å². The van der Waals surface area contributed by atoms with E-state index in [4.69, 9.17) is 9.47 Å². The smallest absolute Gasteiger partial charge is 0.157 e. The molecule has 0 spiro atoms. The zero-order valence-corrected chi connectivity index (χ0v) is 10.7. The zero-order chi connectivity index (χ0) is 13.0. The lowest BCUT2D eigenvalue weighted by atomic mass is 10.0. The van der Waals surface area contributed by atoms with Crippen LogP contribution in [-0.2, 0) is 16.1 Å². The van der Waals surface area contributed by atoms with E-state index in [1.807, 2.05) is 12.2 Å². The molecule has 0 amide bonds. The summed E-state index contributed by atoms with van der Waals surface area (Å²) in [5.41, 5.74) is 0.549. The Kier molecular flexibility index (Phi) is 4.03. The van der Waals surface area contributed by atoms with Crippen LogP contribution >= 0.6 is 0 Å². The van der Waals surface area contributed by atoms with Crippen molar-refractivity contribution in [2.24, 2.45) is 5.92 Å². The van der Waals surface area contributed by atoms with Gasteiger partial charge >= 0.3 is 0 Å². The second-order valence-corrected chi connectivity index (χ2v) is 4.40. The standard InChI is InChI=1S/C15H17FO2/c1-11-7-8-14(15(9-11)17-2)18-10-12-5-3-4-6-13(12)16/h3-6,8-9,11H,7,10H2,1-2H3. The lowest BCUT2D eigenvalue weighted by Gasteiger charge is -2.19. The molecule has 1 aromatic rings. The Labute approximate surface area is 107 Å². The SMILES string of the molecule is COC1=CC(C)CC=C1OCc1ccccc1F. The molecular formula is C15H17FO2. The molecular weight excluding hydrogens is 231 g/mol. The van der Waals surface area contributed by atoms with E-state index >= 15 is 0 Å². The highest BCUT2D eigenvalue weighted by Gasteiger charge is 2.15. The van der Waals surface area contributed by atoms with Gasteiger partial charge in [-0.1, -0.05) is 25.1 Å². The molecule has 1 aromatic carbocycles. The van der Waals surface area contributed by atoms with Crippen molar-refractivity contribution in [3.8, 4) is 0 Å². The van der Waals surface area contributed by atoms with Crippen molar-refractivity contribution in [1.29, 1.82) is 0 Å². The van der Waals surface area contributed by atoms with Crippen LogP contribution in [0.3, 0.4) is 0 Å². The van der Waals surface area contributed by atoms with Gasteiger partial charge in [-0.25, -0.2) is 4.39 Å². The van der Waals surface area contributed by atoms with Gasteiger partial charge in [0.15, 0.2) is 11.5 Å². The Morgan fingerprint density at radius 2 is 2.06 bits per heavy atom. The summed E-state index contributed by atoms with van der Waals surface area (Å²) in [4.78, 5) is 0. The number of hydrogen-bond acceptors (Lipinski definition) is 2. The van der Waals surface area contributed by atoms with Crippen molar-refractivity contribution in [3.63, 3.8) is 0 Å². The number of rotatable bonds is 4. The molecule has 0 fully saturated rings. The maximum absolute atomic E-state index is 13.4. The van der Waals surface area contributed by atoms with Crippen LogP contribution in [-0.4, -0.2) is 7.11 Å². The lowest BCUT2D eigenvalue weighted by molar-refractivity contribution is 0.158. The fourth-order valence-corrected chi connectivity index (χ4v) is 1.87. The van der Waals surface area contributed by atoms with Crippen LogP contribution in [0, 0.1) is 11.7 Å².